The highest BCUT2D eigenvalue weighted by atomic mass is 35.5. The van der Waals surface area contributed by atoms with E-state index in [1.54, 1.807) is 24.3 Å². The van der Waals surface area contributed by atoms with Gasteiger partial charge >= 0.3 is 6.03 Å². The zero-order chi connectivity index (χ0) is 22.4. The molecule has 162 valence electrons. The number of hydrogen-bond acceptors (Lipinski definition) is 6. The fraction of sp³-hybridized carbons (Fsp3) is 0.238. The van der Waals surface area contributed by atoms with Gasteiger partial charge in [0.1, 0.15) is 12.4 Å². The van der Waals surface area contributed by atoms with Gasteiger partial charge in [0.15, 0.2) is 11.0 Å². The van der Waals surface area contributed by atoms with Crippen molar-refractivity contribution in [2.24, 2.45) is 11.7 Å². The number of ether oxygens (including phenoxy) is 1. The number of urea groups is 1. The smallest absolute Gasteiger partial charge is 0.318 e. The van der Waals surface area contributed by atoms with Crippen molar-refractivity contribution in [2.45, 2.75) is 30.9 Å². The third kappa shape index (κ3) is 5.99. The molecule has 2 aromatic carbocycles. The lowest BCUT2D eigenvalue weighted by Gasteiger charge is -2.19. The molecule has 3 amide bonds. The molecule has 3 N–H and O–H groups in total. The fourth-order valence-electron chi connectivity index (χ4n) is 2.78. The van der Waals surface area contributed by atoms with Crippen molar-refractivity contribution in [3.05, 3.63) is 65.4 Å². The van der Waals surface area contributed by atoms with Crippen LogP contribution in [-0.4, -0.2) is 32.0 Å². The number of nitrogens with zero attached hydrogens (tertiary/aromatic N) is 3. The summed E-state index contributed by atoms with van der Waals surface area (Å²) in [6, 6.07) is 15.6. The SMILES string of the molecule is CC(C)[C@@H](Sc1nnc(COc2ccc(Cl)cc2)n1-c1ccccc1)C(=O)NC(N)=O. The first-order chi connectivity index (χ1) is 14.8. The second-order valence-corrected chi connectivity index (χ2v) is 8.49. The van der Waals surface area contributed by atoms with Crippen LogP contribution in [0, 0.1) is 5.92 Å². The van der Waals surface area contributed by atoms with Gasteiger partial charge in [0, 0.05) is 10.7 Å². The third-order valence-corrected chi connectivity index (χ3v) is 5.98. The van der Waals surface area contributed by atoms with Crippen molar-refractivity contribution < 1.29 is 14.3 Å². The minimum absolute atomic E-state index is 0.0842. The molecule has 0 saturated carbocycles. The fourth-order valence-corrected chi connectivity index (χ4v) is 3.98. The van der Waals surface area contributed by atoms with Crippen LogP contribution in [0.4, 0.5) is 4.79 Å². The minimum Gasteiger partial charge on any atom is -0.486 e. The summed E-state index contributed by atoms with van der Waals surface area (Å²) in [6.07, 6.45) is 0. The molecule has 8 nitrogen and oxygen atoms in total. The van der Waals surface area contributed by atoms with E-state index in [9.17, 15) is 9.59 Å². The number of benzene rings is 2. The number of carbonyl (C=O) groups is 2. The number of para-hydroxylation sites is 1. The number of hydrogen-bond donors (Lipinski definition) is 2. The Hall–Kier alpha value is -3.04. The molecular weight excluding hydrogens is 438 g/mol. The number of rotatable bonds is 8. The molecule has 0 radical (unpaired) electrons. The molecule has 0 aliphatic heterocycles. The summed E-state index contributed by atoms with van der Waals surface area (Å²) in [5.74, 6) is 0.636. The van der Waals surface area contributed by atoms with Gasteiger partial charge in [-0.2, -0.15) is 0 Å². The van der Waals surface area contributed by atoms with Crippen LogP contribution < -0.4 is 15.8 Å². The molecule has 10 heteroatoms. The highest BCUT2D eigenvalue weighted by molar-refractivity contribution is 8.00. The van der Waals surface area contributed by atoms with E-state index in [2.05, 4.69) is 15.5 Å². The Morgan fingerprint density at radius 3 is 2.42 bits per heavy atom. The zero-order valence-corrected chi connectivity index (χ0v) is 18.6. The molecule has 1 heterocycles. The van der Waals surface area contributed by atoms with Gasteiger partial charge in [0.25, 0.3) is 0 Å². The average molecular weight is 460 g/mol. The van der Waals surface area contributed by atoms with Gasteiger partial charge < -0.3 is 10.5 Å². The molecule has 0 bridgehead atoms. The Labute approximate surface area is 189 Å². The van der Waals surface area contributed by atoms with E-state index in [4.69, 9.17) is 22.1 Å². The first kappa shape index (κ1) is 22.6. The Morgan fingerprint density at radius 1 is 1.13 bits per heavy atom. The lowest BCUT2D eigenvalue weighted by atomic mass is 10.1. The summed E-state index contributed by atoms with van der Waals surface area (Å²) in [5.41, 5.74) is 5.94. The Kier molecular flexibility index (Phi) is 7.54. The van der Waals surface area contributed by atoms with E-state index in [1.807, 2.05) is 48.7 Å². The number of nitrogens with two attached hydrogens (primary N) is 1. The van der Waals surface area contributed by atoms with Gasteiger partial charge in [-0.05, 0) is 42.3 Å². The number of nitrogens with one attached hydrogen (secondary N) is 1. The topological polar surface area (TPSA) is 112 Å². The maximum atomic E-state index is 12.5. The van der Waals surface area contributed by atoms with Gasteiger partial charge in [-0.25, -0.2) is 4.79 Å². The number of amides is 3. The van der Waals surface area contributed by atoms with Crippen LogP contribution in [0.25, 0.3) is 5.69 Å². The number of carbonyl (C=O) groups excluding carboxylic acids is 2. The summed E-state index contributed by atoms with van der Waals surface area (Å²) in [4.78, 5) is 23.6. The van der Waals surface area contributed by atoms with Crippen molar-refractivity contribution >= 4 is 35.3 Å². The standard InChI is InChI=1S/C21H22ClN5O3S/c1-13(2)18(19(28)24-20(23)29)31-21-26-25-17(27(21)15-6-4-3-5-7-15)12-30-16-10-8-14(22)9-11-16/h3-11,13,18H,12H2,1-2H3,(H3,23,24,28,29)/t18-/m1/s1. The molecule has 1 aromatic heterocycles. The van der Waals surface area contributed by atoms with Crippen molar-refractivity contribution in [2.75, 3.05) is 0 Å². The van der Waals surface area contributed by atoms with Crippen molar-refractivity contribution in [1.82, 2.24) is 20.1 Å². The third-order valence-electron chi connectivity index (χ3n) is 4.24. The van der Waals surface area contributed by atoms with Crippen molar-refractivity contribution in [3.63, 3.8) is 0 Å². The summed E-state index contributed by atoms with van der Waals surface area (Å²) in [5, 5.41) is 11.2. The molecule has 3 rings (SSSR count). The van der Waals surface area contributed by atoms with E-state index in [0.29, 0.717) is 21.8 Å². The summed E-state index contributed by atoms with van der Waals surface area (Å²) < 4.78 is 7.67. The largest absolute Gasteiger partial charge is 0.486 e. The molecule has 31 heavy (non-hydrogen) atoms. The van der Waals surface area contributed by atoms with Gasteiger partial charge in [0.2, 0.25) is 5.91 Å². The second kappa shape index (κ2) is 10.3. The van der Waals surface area contributed by atoms with Crippen LogP contribution in [-0.2, 0) is 11.4 Å². The second-order valence-electron chi connectivity index (χ2n) is 6.95. The van der Waals surface area contributed by atoms with Crippen LogP contribution in [0.2, 0.25) is 5.02 Å². The predicted octanol–water partition coefficient (Wildman–Crippen LogP) is 3.81. The highest BCUT2D eigenvalue weighted by Gasteiger charge is 2.28. The Balaban J connectivity index is 1.90. The van der Waals surface area contributed by atoms with Crippen LogP contribution in [0.3, 0.4) is 0 Å². The van der Waals surface area contributed by atoms with Crippen LogP contribution in [0.15, 0.2) is 59.8 Å². The maximum absolute atomic E-state index is 12.5. The van der Waals surface area contributed by atoms with Crippen LogP contribution >= 0.6 is 23.4 Å². The number of imide groups is 1. The number of primary amides is 1. The molecule has 3 aromatic rings. The van der Waals surface area contributed by atoms with E-state index in [-0.39, 0.29) is 12.5 Å². The number of aromatic nitrogens is 3. The van der Waals surface area contributed by atoms with Gasteiger partial charge in [0.05, 0.1) is 5.25 Å². The van der Waals surface area contributed by atoms with Gasteiger partial charge in [-0.3, -0.25) is 14.7 Å². The molecule has 0 fully saturated rings. The number of halogens is 1. The molecule has 0 aliphatic rings. The van der Waals surface area contributed by atoms with Gasteiger partial charge in [-0.15, -0.1) is 10.2 Å². The molecule has 0 unspecified atom stereocenters. The molecule has 0 aliphatic carbocycles. The molecular formula is C21H22ClN5O3S. The summed E-state index contributed by atoms with van der Waals surface area (Å²) in [7, 11) is 0. The first-order valence-electron chi connectivity index (χ1n) is 9.50. The lowest BCUT2D eigenvalue weighted by Crippen LogP contribution is -2.42. The normalized spacial score (nSPS) is 11.9. The summed E-state index contributed by atoms with van der Waals surface area (Å²) >= 11 is 7.13. The minimum atomic E-state index is -0.891. The first-order valence-corrected chi connectivity index (χ1v) is 10.8. The van der Waals surface area contributed by atoms with Crippen molar-refractivity contribution in [1.29, 1.82) is 0 Å². The van der Waals surface area contributed by atoms with E-state index in [1.165, 1.54) is 11.8 Å². The Bertz CT molecular complexity index is 1040. The number of thioether (sulfide) groups is 1. The maximum Gasteiger partial charge on any atom is 0.318 e. The molecule has 1 atom stereocenters. The van der Waals surface area contributed by atoms with Gasteiger partial charge in [-0.1, -0.05) is 55.4 Å². The van der Waals surface area contributed by atoms with E-state index < -0.39 is 17.2 Å². The van der Waals surface area contributed by atoms with Crippen molar-refractivity contribution in [3.8, 4) is 11.4 Å². The predicted molar refractivity (Wildman–Crippen MR) is 119 cm³/mol. The van der Waals surface area contributed by atoms with E-state index in [0.717, 1.165) is 5.69 Å². The van der Waals surface area contributed by atoms with E-state index >= 15 is 0 Å². The zero-order valence-electron chi connectivity index (χ0n) is 17.0. The monoisotopic (exact) mass is 459 g/mol. The highest BCUT2D eigenvalue weighted by Crippen LogP contribution is 2.30. The average Bonchev–Trinajstić information content (AvgIpc) is 3.14. The quantitative estimate of drug-likeness (QED) is 0.495. The molecule has 0 spiro atoms. The Morgan fingerprint density at radius 2 is 1.81 bits per heavy atom. The lowest BCUT2D eigenvalue weighted by molar-refractivity contribution is -0.120. The van der Waals surface area contributed by atoms with Crippen LogP contribution in [0.1, 0.15) is 19.7 Å². The summed E-state index contributed by atoms with van der Waals surface area (Å²) in [6.45, 7) is 3.92. The van der Waals surface area contributed by atoms with Crippen LogP contribution in [0.5, 0.6) is 5.75 Å². The molecule has 0 saturated heterocycles.